The van der Waals surface area contributed by atoms with Crippen LogP contribution in [0.5, 0.6) is 0 Å². The van der Waals surface area contributed by atoms with E-state index in [0.717, 1.165) is 5.56 Å². The van der Waals surface area contributed by atoms with Crippen LogP contribution in [0.3, 0.4) is 0 Å². The van der Waals surface area contributed by atoms with E-state index in [0.29, 0.717) is 16.2 Å². The van der Waals surface area contributed by atoms with E-state index in [4.69, 9.17) is 17.3 Å². The Bertz CT molecular complexity index is 782. The number of halogens is 2. The first-order valence-electron chi connectivity index (χ1n) is 5.63. The number of aryl methyl sites for hydroxylation is 1. The molecule has 0 aliphatic carbocycles. The molecule has 0 bridgehead atoms. The van der Waals surface area contributed by atoms with Gasteiger partial charge in [0.2, 0.25) is 5.95 Å². The molecule has 0 unspecified atom stereocenters. The molecule has 0 saturated heterocycles. The molecule has 0 atom stereocenters. The predicted octanol–water partition coefficient (Wildman–Crippen LogP) is 3.10. The van der Waals surface area contributed by atoms with E-state index in [1.54, 1.807) is 6.20 Å². The van der Waals surface area contributed by atoms with Crippen LogP contribution in [0, 0.1) is 12.7 Å². The molecule has 1 aromatic carbocycles. The molecule has 2 aromatic heterocycles. The highest BCUT2D eigenvalue weighted by atomic mass is 35.5. The maximum absolute atomic E-state index is 14.0. The Kier molecular flexibility index (Phi) is 2.64. The number of rotatable bonds is 1. The first-order chi connectivity index (χ1) is 9.08. The van der Waals surface area contributed by atoms with E-state index < -0.39 is 5.82 Å². The van der Waals surface area contributed by atoms with Crippen molar-refractivity contribution in [2.75, 3.05) is 5.73 Å². The van der Waals surface area contributed by atoms with Crippen LogP contribution in [0.1, 0.15) is 5.56 Å². The van der Waals surface area contributed by atoms with E-state index in [1.807, 2.05) is 13.0 Å². The van der Waals surface area contributed by atoms with Crippen LogP contribution in [-0.2, 0) is 0 Å². The van der Waals surface area contributed by atoms with Gasteiger partial charge >= 0.3 is 0 Å². The summed E-state index contributed by atoms with van der Waals surface area (Å²) in [6.07, 6.45) is 1.64. The SMILES string of the molecule is Cc1ccnc2c1nc(N)n2-c1cc(Cl)ccc1F. The van der Waals surface area contributed by atoms with Crippen molar-refractivity contribution < 1.29 is 4.39 Å². The van der Waals surface area contributed by atoms with Crippen LogP contribution in [0.15, 0.2) is 30.5 Å². The normalized spacial score (nSPS) is 11.1. The third-order valence-corrected chi connectivity index (χ3v) is 3.16. The average molecular weight is 277 g/mol. The van der Waals surface area contributed by atoms with Crippen molar-refractivity contribution in [3.8, 4) is 5.69 Å². The van der Waals surface area contributed by atoms with Gasteiger partial charge in [0.1, 0.15) is 11.3 Å². The fraction of sp³-hybridized carbons (Fsp3) is 0.0769. The third kappa shape index (κ3) is 1.82. The minimum atomic E-state index is -0.432. The summed E-state index contributed by atoms with van der Waals surface area (Å²) in [6, 6.07) is 6.10. The number of nitrogen functional groups attached to an aromatic ring is 1. The number of benzene rings is 1. The molecular formula is C13H10ClFN4. The van der Waals surface area contributed by atoms with E-state index >= 15 is 0 Å². The van der Waals surface area contributed by atoms with E-state index in [1.165, 1.54) is 22.8 Å². The van der Waals surface area contributed by atoms with Gasteiger partial charge < -0.3 is 5.73 Å². The zero-order valence-electron chi connectivity index (χ0n) is 10.1. The van der Waals surface area contributed by atoms with Gasteiger partial charge in [-0.2, -0.15) is 0 Å². The average Bonchev–Trinajstić information content (AvgIpc) is 2.70. The Hall–Kier alpha value is -2.14. The van der Waals surface area contributed by atoms with Gasteiger partial charge in [0.15, 0.2) is 5.65 Å². The van der Waals surface area contributed by atoms with E-state index in [2.05, 4.69) is 9.97 Å². The predicted molar refractivity (Wildman–Crippen MR) is 73.0 cm³/mol. The van der Waals surface area contributed by atoms with Crippen LogP contribution in [0.4, 0.5) is 10.3 Å². The monoisotopic (exact) mass is 276 g/mol. The van der Waals surface area contributed by atoms with E-state index in [9.17, 15) is 4.39 Å². The van der Waals surface area contributed by atoms with Gasteiger partial charge in [0, 0.05) is 11.2 Å². The van der Waals surface area contributed by atoms with Crippen molar-refractivity contribution in [2.45, 2.75) is 6.92 Å². The lowest BCUT2D eigenvalue weighted by molar-refractivity contribution is 0.619. The second-order valence-electron chi connectivity index (χ2n) is 4.20. The molecular weight excluding hydrogens is 267 g/mol. The molecule has 0 aliphatic rings. The molecule has 0 amide bonds. The molecule has 0 radical (unpaired) electrons. The van der Waals surface area contributed by atoms with Crippen LogP contribution >= 0.6 is 11.6 Å². The highest BCUT2D eigenvalue weighted by molar-refractivity contribution is 6.30. The molecule has 6 heteroatoms. The molecule has 0 saturated carbocycles. The van der Waals surface area contributed by atoms with Crippen LogP contribution in [0.2, 0.25) is 5.02 Å². The first kappa shape index (κ1) is 11.9. The maximum Gasteiger partial charge on any atom is 0.207 e. The van der Waals surface area contributed by atoms with Crippen molar-refractivity contribution in [1.29, 1.82) is 0 Å². The number of anilines is 1. The number of hydrogen-bond acceptors (Lipinski definition) is 3. The Labute approximate surface area is 113 Å². The summed E-state index contributed by atoms with van der Waals surface area (Å²) in [4.78, 5) is 8.45. The maximum atomic E-state index is 14.0. The largest absolute Gasteiger partial charge is 0.369 e. The summed E-state index contributed by atoms with van der Waals surface area (Å²) >= 11 is 5.91. The molecule has 0 spiro atoms. The van der Waals surface area contributed by atoms with Crippen molar-refractivity contribution in [1.82, 2.24) is 14.5 Å². The lowest BCUT2D eigenvalue weighted by Gasteiger charge is -2.07. The van der Waals surface area contributed by atoms with Gasteiger partial charge in [0.05, 0.1) is 5.69 Å². The number of nitrogens with zero attached hydrogens (tertiary/aromatic N) is 3. The Balaban J connectivity index is 2.39. The summed E-state index contributed by atoms with van der Waals surface area (Å²) in [7, 11) is 0. The molecule has 0 fully saturated rings. The van der Waals surface area contributed by atoms with Crippen LogP contribution in [-0.4, -0.2) is 14.5 Å². The molecule has 2 N–H and O–H groups in total. The number of nitrogens with two attached hydrogens (primary N) is 1. The number of aromatic nitrogens is 3. The van der Waals surface area contributed by atoms with Gasteiger partial charge in [-0.05, 0) is 36.8 Å². The molecule has 2 heterocycles. The van der Waals surface area contributed by atoms with Crippen LogP contribution in [0.25, 0.3) is 16.9 Å². The number of pyridine rings is 1. The van der Waals surface area contributed by atoms with Gasteiger partial charge in [-0.1, -0.05) is 11.6 Å². The fourth-order valence-electron chi connectivity index (χ4n) is 2.01. The highest BCUT2D eigenvalue weighted by Gasteiger charge is 2.15. The zero-order valence-corrected chi connectivity index (χ0v) is 10.8. The quantitative estimate of drug-likeness (QED) is 0.743. The summed E-state index contributed by atoms with van der Waals surface area (Å²) in [5, 5.41) is 0.422. The third-order valence-electron chi connectivity index (χ3n) is 2.92. The number of imidazole rings is 1. The Morgan fingerprint density at radius 1 is 1.32 bits per heavy atom. The molecule has 3 aromatic rings. The highest BCUT2D eigenvalue weighted by Crippen LogP contribution is 2.26. The summed E-state index contributed by atoms with van der Waals surface area (Å²) < 4.78 is 15.4. The standard InChI is InChI=1S/C13H10ClFN4/c1-7-4-5-17-12-11(7)18-13(16)19(12)10-6-8(14)2-3-9(10)15/h2-6H,1H3,(H2,16,18). The van der Waals surface area contributed by atoms with Crippen molar-refractivity contribution in [3.63, 3.8) is 0 Å². The van der Waals surface area contributed by atoms with Gasteiger partial charge in [-0.25, -0.2) is 14.4 Å². The zero-order chi connectivity index (χ0) is 13.6. The Morgan fingerprint density at radius 2 is 2.11 bits per heavy atom. The molecule has 3 rings (SSSR count). The first-order valence-corrected chi connectivity index (χ1v) is 6.00. The summed E-state index contributed by atoms with van der Waals surface area (Å²) in [6.45, 7) is 1.90. The molecule has 4 nitrogen and oxygen atoms in total. The summed E-state index contributed by atoms with van der Waals surface area (Å²) in [5.41, 5.74) is 8.21. The van der Waals surface area contributed by atoms with Crippen molar-refractivity contribution in [2.24, 2.45) is 0 Å². The minimum Gasteiger partial charge on any atom is -0.369 e. The lowest BCUT2D eigenvalue weighted by atomic mass is 10.2. The Morgan fingerprint density at radius 3 is 2.89 bits per heavy atom. The molecule has 0 aliphatic heterocycles. The fourth-order valence-corrected chi connectivity index (χ4v) is 2.17. The van der Waals surface area contributed by atoms with Crippen molar-refractivity contribution >= 4 is 28.7 Å². The number of hydrogen-bond donors (Lipinski definition) is 1. The van der Waals surface area contributed by atoms with E-state index in [-0.39, 0.29) is 11.6 Å². The molecule has 19 heavy (non-hydrogen) atoms. The van der Waals surface area contributed by atoms with Gasteiger partial charge in [0.25, 0.3) is 0 Å². The number of fused-ring (bicyclic) bond motifs is 1. The van der Waals surface area contributed by atoms with Crippen LogP contribution < -0.4 is 5.73 Å². The summed E-state index contributed by atoms with van der Waals surface area (Å²) in [5.74, 6) is -0.253. The smallest absolute Gasteiger partial charge is 0.207 e. The molecule has 96 valence electrons. The van der Waals surface area contributed by atoms with Crippen molar-refractivity contribution in [3.05, 3.63) is 46.9 Å². The van der Waals surface area contributed by atoms with Gasteiger partial charge in [-0.15, -0.1) is 0 Å². The second-order valence-corrected chi connectivity index (χ2v) is 4.64. The lowest BCUT2D eigenvalue weighted by Crippen LogP contribution is -2.03. The second kappa shape index (κ2) is 4.20. The topological polar surface area (TPSA) is 56.7 Å². The van der Waals surface area contributed by atoms with Gasteiger partial charge in [-0.3, -0.25) is 4.57 Å². The minimum absolute atomic E-state index is 0.179.